The van der Waals surface area contributed by atoms with Crippen molar-refractivity contribution in [1.29, 1.82) is 0 Å². The van der Waals surface area contributed by atoms with E-state index in [0.717, 1.165) is 35.6 Å². The maximum Gasteiger partial charge on any atom is 0.188 e. The fourth-order valence-electron chi connectivity index (χ4n) is 3.55. The Bertz CT molecular complexity index is 943. The van der Waals surface area contributed by atoms with Crippen molar-refractivity contribution in [1.82, 2.24) is 15.0 Å². The van der Waals surface area contributed by atoms with Gasteiger partial charge in [-0.2, -0.15) is 0 Å². The quantitative estimate of drug-likeness (QED) is 0.670. The van der Waals surface area contributed by atoms with Gasteiger partial charge < -0.3 is 10.2 Å². The second kappa shape index (κ2) is 7.64. The Morgan fingerprint density at radius 3 is 2.56 bits per heavy atom. The molecule has 1 aliphatic heterocycles. The van der Waals surface area contributed by atoms with Crippen LogP contribution in [0.2, 0.25) is 0 Å². The molecular weight excluding hydrogens is 354 g/mol. The summed E-state index contributed by atoms with van der Waals surface area (Å²) in [6.07, 6.45) is 7.22. The molecule has 2 aromatic heterocycles. The average molecular weight is 380 g/mol. The maximum atomic E-state index is 4.81. The molecule has 140 valence electrons. The van der Waals surface area contributed by atoms with Crippen LogP contribution in [-0.4, -0.2) is 28.0 Å². The minimum Gasteiger partial charge on any atom is -0.354 e. The molecule has 0 saturated carbocycles. The van der Waals surface area contributed by atoms with Crippen LogP contribution in [0.15, 0.2) is 29.9 Å². The maximum absolute atomic E-state index is 4.81. The number of anilines is 3. The van der Waals surface area contributed by atoms with E-state index < -0.39 is 0 Å². The highest BCUT2D eigenvalue weighted by Crippen LogP contribution is 2.32. The molecule has 0 unspecified atom stereocenters. The van der Waals surface area contributed by atoms with Crippen molar-refractivity contribution in [3.05, 3.63) is 46.6 Å². The number of nitrogens with one attached hydrogen (secondary N) is 1. The number of rotatable bonds is 4. The number of nitrogens with zero attached hydrogens (tertiary/aromatic N) is 4. The molecule has 4 rings (SSSR count). The Morgan fingerprint density at radius 2 is 1.74 bits per heavy atom. The van der Waals surface area contributed by atoms with Gasteiger partial charge in [-0.3, -0.25) is 0 Å². The van der Waals surface area contributed by atoms with Gasteiger partial charge in [0.2, 0.25) is 0 Å². The van der Waals surface area contributed by atoms with E-state index in [-0.39, 0.29) is 0 Å². The number of hydrogen-bond donors (Lipinski definition) is 1. The van der Waals surface area contributed by atoms with E-state index in [4.69, 9.17) is 4.98 Å². The summed E-state index contributed by atoms with van der Waals surface area (Å²) in [5.41, 5.74) is 6.14. The van der Waals surface area contributed by atoms with Gasteiger partial charge in [0.15, 0.2) is 16.8 Å². The smallest absolute Gasteiger partial charge is 0.188 e. The van der Waals surface area contributed by atoms with E-state index in [0.29, 0.717) is 0 Å². The van der Waals surface area contributed by atoms with E-state index in [9.17, 15) is 0 Å². The summed E-state index contributed by atoms with van der Waals surface area (Å²) in [5.74, 6) is 1.72. The van der Waals surface area contributed by atoms with Gasteiger partial charge in [-0.05, 0) is 56.7 Å². The van der Waals surface area contributed by atoms with Crippen LogP contribution in [0.5, 0.6) is 0 Å². The Kier molecular flexibility index (Phi) is 5.07. The van der Waals surface area contributed by atoms with Crippen LogP contribution in [-0.2, 0) is 0 Å². The zero-order chi connectivity index (χ0) is 18.8. The number of piperidine rings is 1. The molecule has 1 aliphatic rings. The first-order valence-electron chi connectivity index (χ1n) is 9.49. The molecule has 6 heteroatoms. The molecule has 27 heavy (non-hydrogen) atoms. The normalized spacial score (nSPS) is 14.4. The molecule has 3 heterocycles. The molecule has 5 nitrogen and oxygen atoms in total. The molecular formula is C21H25N5S. The predicted molar refractivity (Wildman–Crippen MR) is 113 cm³/mol. The van der Waals surface area contributed by atoms with Crippen LogP contribution in [0, 0.1) is 20.8 Å². The first-order valence-corrected chi connectivity index (χ1v) is 10.4. The lowest BCUT2D eigenvalue weighted by molar-refractivity contribution is 0.573. The average Bonchev–Trinajstić information content (AvgIpc) is 3.15. The second-order valence-corrected chi connectivity index (χ2v) is 7.98. The van der Waals surface area contributed by atoms with E-state index in [2.05, 4.69) is 58.5 Å². The predicted octanol–water partition coefficient (Wildman–Crippen LogP) is 5.26. The topological polar surface area (TPSA) is 53.9 Å². The molecule has 0 radical (unpaired) electrons. The minimum atomic E-state index is 0.789. The first-order chi connectivity index (χ1) is 13.1. The summed E-state index contributed by atoms with van der Waals surface area (Å²) in [7, 11) is 0. The summed E-state index contributed by atoms with van der Waals surface area (Å²) in [6, 6.07) is 4.33. The molecule has 0 amide bonds. The summed E-state index contributed by atoms with van der Waals surface area (Å²) < 4.78 is 0. The number of aryl methyl sites for hydroxylation is 1. The van der Waals surface area contributed by atoms with E-state index in [1.807, 2.05) is 0 Å². The molecule has 0 spiro atoms. The zero-order valence-corrected chi connectivity index (χ0v) is 16.9. The van der Waals surface area contributed by atoms with Crippen molar-refractivity contribution in [3.63, 3.8) is 0 Å². The van der Waals surface area contributed by atoms with Gasteiger partial charge in [0.05, 0.1) is 5.69 Å². The SMILES string of the molecule is Cc1ccc(-c2csc(Nc3nccnc3N3CCCCC3)n2)c(C)c1C. The molecule has 3 aromatic rings. The van der Waals surface area contributed by atoms with Crippen LogP contribution in [0.25, 0.3) is 11.3 Å². The number of hydrogen-bond acceptors (Lipinski definition) is 6. The first kappa shape index (κ1) is 17.9. The van der Waals surface area contributed by atoms with Crippen LogP contribution in [0.1, 0.15) is 36.0 Å². The lowest BCUT2D eigenvalue weighted by atomic mass is 9.97. The third-order valence-corrected chi connectivity index (χ3v) is 6.16. The number of benzene rings is 1. The van der Waals surface area contributed by atoms with Gasteiger partial charge >= 0.3 is 0 Å². The minimum absolute atomic E-state index is 0.789. The van der Waals surface area contributed by atoms with Gasteiger partial charge in [0, 0.05) is 36.4 Å². The lowest BCUT2D eigenvalue weighted by Gasteiger charge is -2.28. The summed E-state index contributed by atoms with van der Waals surface area (Å²) in [5, 5.41) is 6.35. The van der Waals surface area contributed by atoms with Crippen molar-refractivity contribution in [2.75, 3.05) is 23.3 Å². The van der Waals surface area contributed by atoms with Crippen LogP contribution in [0.4, 0.5) is 16.8 Å². The third kappa shape index (κ3) is 3.67. The highest BCUT2D eigenvalue weighted by Gasteiger charge is 2.18. The van der Waals surface area contributed by atoms with Crippen molar-refractivity contribution in [2.24, 2.45) is 0 Å². The van der Waals surface area contributed by atoms with Gasteiger partial charge in [-0.15, -0.1) is 11.3 Å². The van der Waals surface area contributed by atoms with E-state index in [1.54, 1.807) is 23.7 Å². The lowest BCUT2D eigenvalue weighted by Crippen LogP contribution is -2.30. The highest BCUT2D eigenvalue weighted by molar-refractivity contribution is 7.14. The highest BCUT2D eigenvalue weighted by atomic mass is 32.1. The van der Waals surface area contributed by atoms with Gasteiger partial charge in [0.25, 0.3) is 0 Å². The van der Waals surface area contributed by atoms with Gasteiger partial charge in [-0.25, -0.2) is 15.0 Å². The Balaban J connectivity index is 1.60. The van der Waals surface area contributed by atoms with E-state index >= 15 is 0 Å². The van der Waals surface area contributed by atoms with Crippen molar-refractivity contribution in [2.45, 2.75) is 40.0 Å². The molecule has 1 fully saturated rings. The summed E-state index contributed by atoms with van der Waals surface area (Å²) >= 11 is 1.60. The van der Waals surface area contributed by atoms with Crippen LogP contribution in [0.3, 0.4) is 0 Å². The molecule has 0 bridgehead atoms. The molecule has 0 atom stereocenters. The fraction of sp³-hybridized carbons (Fsp3) is 0.381. The van der Waals surface area contributed by atoms with Crippen molar-refractivity contribution >= 4 is 28.1 Å². The zero-order valence-electron chi connectivity index (χ0n) is 16.1. The van der Waals surface area contributed by atoms with E-state index in [1.165, 1.54) is 41.5 Å². The Morgan fingerprint density at radius 1 is 0.963 bits per heavy atom. The number of aromatic nitrogens is 3. The fourth-order valence-corrected chi connectivity index (χ4v) is 4.26. The Hall–Kier alpha value is -2.47. The second-order valence-electron chi connectivity index (χ2n) is 7.12. The summed E-state index contributed by atoms with van der Waals surface area (Å²) in [6.45, 7) is 8.57. The molecule has 1 aromatic carbocycles. The molecule has 1 N–H and O–H groups in total. The molecule has 0 aliphatic carbocycles. The largest absolute Gasteiger partial charge is 0.354 e. The van der Waals surface area contributed by atoms with Gasteiger partial charge in [0.1, 0.15) is 0 Å². The standard InChI is InChI=1S/C21H25N5S/c1-14-7-8-17(16(3)15(14)2)18-13-27-21(24-18)25-19-20(23-10-9-22-19)26-11-5-4-6-12-26/h7-10,13H,4-6,11-12H2,1-3H3,(H,22,24,25). The number of thiazole rings is 1. The van der Waals surface area contributed by atoms with Crippen molar-refractivity contribution in [3.8, 4) is 11.3 Å². The Labute approximate surface area is 164 Å². The third-order valence-electron chi connectivity index (χ3n) is 5.40. The monoisotopic (exact) mass is 379 g/mol. The van der Waals surface area contributed by atoms with Crippen LogP contribution < -0.4 is 10.2 Å². The molecule has 1 saturated heterocycles. The van der Waals surface area contributed by atoms with Gasteiger partial charge in [-0.1, -0.05) is 12.1 Å². The van der Waals surface area contributed by atoms with Crippen molar-refractivity contribution < 1.29 is 0 Å². The summed E-state index contributed by atoms with van der Waals surface area (Å²) in [4.78, 5) is 16.2. The van der Waals surface area contributed by atoms with Crippen LogP contribution >= 0.6 is 11.3 Å².